The van der Waals surface area contributed by atoms with Crippen LogP contribution >= 0.6 is 12.6 Å². The molecule has 48 valence electrons. The van der Waals surface area contributed by atoms with Crippen molar-refractivity contribution < 1.29 is 4.74 Å². The molecule has 0 saturated carbocycles. The Morgan fingerprint density at radius 1 is 1.88 bits per heavy atom. The van der Waals surface area contributed by atoms with Crippen LogP contribution in [0.4, 0.5) is 0 Å². The van der Waals surface area contributed by atoms with E-state index < -0.39 is 0 Å². The fourth-order valence-electron chi connectivity index (χ4n) is 0.307. The van der Waals surface area contributed by atoms with Crippen molar-refractivity contribution >= 4 is 12.6 Å². The highest BCUT2D eigenvalue weighted by atomic mass is 32.1. The lowest BCUT2D eigenvalue weighted by molar-refractivity contribution is 0.112. The number of thiol groups is 1. The van der Waals surface area contributed by atoms with Gasteiger partial charge in [0.15, 0.2) is 0 Å². The molecule has 1 atom stereocenters. The molecule has 0 amide bonds. The maximum atomic E-state index is 5.15. The summed E-state index contributed by atoms with van der Waals surface area (Å²) in [5.41, 5.74) is 0. The zero-order chi connectivity index (χ0) is 6.41. The van der Waals surface area contributed by atoms with Crippen LogP contribution in [0.25, 0.3) is 0 Å². The Kier molecular flexibility index (Phi) is 5.22. The second kappa shape index (κ2) is 5.19. The van der Waals surface area contributed by atoms with E-state index >= 15 is 0 Å². The molecule has 0 spiro atoms. The Labute approximate surface area is 56.1 Å². The standard InChI is InChI=1S/C6H12OS/c1-3-6(2)7-4-5-8/h3,6,8H,1,4-5H2,2H3. The Balaban J connectivity index is 2.98. The zero-order valence-corrected chi connectivity index (χ0v) is 6.03. The predicted octanol–water partition coefficient (Wildman–Crippen LogP) is 1.51. The summed E-state index contributed by atoms with van der Waals surface area (Å²) in [7, 11) is 0. The summed E-state index contributed by atoms with van der Waals surface area (Å²) in [6, 6.07) is 0. The van der Waals surface area contributed by atoms with Gasteiger partial charge in [-0.2, -0.15) is 12.6 Å². The van der Waals surface area contributed by atoms with Crippen LogP contribution in [0.15, 0.2) is 12.7 Å². The van der Waals surface area contributed by atoms with Crippen LogP contribution in [-0.4, -0.2) is 18.5 Å². The molecule has 1 unspecified atom stereocenters. The quantitative estimate of drug-likeness (QED) is 0.450. The van der Waals surface area contributed by atoms with Gasteiger partial charge in [-0.25, -0.2) is 0 Å². The lowest BCUT2D eigenvalue weighted by atomic mass is 10.4. The van der Waals surface area contributed by atoms with Crippen molar-refractivity contribution in [3.8, 4) is 0 Å². The number of rotatable bonds is 4. The zero-order valence-electron chi connectivity index (χ0n) is 5.13. The summed E-state index contributed by atoms with van der Waals surface area (Å²) in [6.07, 6.45) is 1.94. The molecule has 0 rings (SSSR count). The molecule has 2 heteroatoms. The Hall–Kier alpha value is 0.0500. The summed E-state index contributed by atoms with van der Waals surface area (Å²) in [4.78, 5) is 0. The molecular formula is C6H12OS. The third-order valence-electron chi connectivity index (χ3n) is 0.804. The van der Waals surface area contributed by atoms with Crippen LogP contribution in [0.3, 0.4) is 0 Å². The molecule has 0 bridgehead atoms. The molecule has 0 aliphatic heterocycles. The first kappa shape index (κ1) is 8.05. The van der Waals surface area contributed by atoms with E-state index in [0.29, 0.717) is 6.61 Å². The first-order valence-electron chi connectivity index (χ1n) is 2.66. The van der Waals surface area contributed by atoms with Crippen molar-refractivity contribution in [2.45, 2.75) is 13.0 Å². The first-order chi connectivity index (χ1) is 3.81. The van der Waals surface area contributed by atoms with Crippen LogP contribution in [0.1, 0.15) is 6.92 Å². The van der Waals surface area contributed by atoms with E-state index in [-0.39, 0.29) is 6.10 Å². The third-order valence-corrected chi connectivity index (χ3v) is 0.987. The van der Waals surface area contributed by atoms with E-state index in [1.807, 2.05) is 6.92 Å². The van der Waals surface area contributed by atoms with Gasteiger partial charge in [-0.15, -0.1) is 6.58 Å². The predicted molar refractivity (Wildman–Crippen MR) is 39.5 cm³/mol. The van der Waals surface area contributed by atoms with Gasteiger partial charge in [-0.05, 0) is 6.92 Å². The van der Waals surface area contributed by atoms with Gasteiger partial charge >= 0.3 is 0 Å². The van der Waals surface area contributed by atoms with Crippen LogP contribution in [0.2, 0.25) is 0 Å². The number of ether oxygens (including phenoxy) is 1. The largest absolute Gasteiger partial charge is 0.374 e. The van der Waals surface area contributed by atoms with Gasteiger partial charge in [0.05, 0.1) is 12.7 Å². The minimum absolute atomic E-state index is 0.169. The van der Waals surface area contributed by atoms with Crippen LogP contribution in [0.5, 0.6) is 0 Å². The fraction of sp³-hybridized carbons (Fsp3) is 0.667. The van der Waals surface area contributed by atoms with Crippen LogP contribution in [-0.2, 0) is 4.74 Å². The van der Waals surface area contributed by atoms with Crippen LogP contribution in [0, 0.1) is 0 Å². The molecule has 0 aliphatic carbocycles. The maximum Gasteiger partial charge on any atom is 0.0725 e. The molecule has 1 nitrogen and oxygen atoms in total. The lowest BCUT2D eigenvalue weighted by Gasteiger charge is -2.04. The summed E-state index contributed by atoms with van der Waals surface area (Å²) >= 11 is 3.97. The summed E-state index contributed by atoms with van der Waals surface area (Å²) in [5, 5.41) is 0. The Bertz CT molecular complexity index is 63.5. The molecule has 0 aliphatic rings. The topological polar surface area (TPSA) is 9.23 Å². The lowest BCUT2D eigenvalue weighted by Crippen LogP contribution is -2.05. The monoisotopic (exact) mass is 132 g/mol. The number of hydrogen-bond acceptors (Lipinski definition) is 2. The minimum atomic E-state index is 0.169. The summed E-state index contributed by atoms with van der Waals surface area (Å²) in [6.45, 7) is 6.22. The van der Waals surface area contributed by atoms with Gasteiger partial charge in [-0.1, -0.05) is 6.08 Å². The fourth-order valence-corrected chi connectivity index (χ4v) is 0.412. The van der Waals surface area contributed by atoms with Gasteiger partial charge in [0.1, 0.15) is 0 Å². The van der Waals surface area contributed by atoms with E-state index in [1.54, 1.807) is 6.08 Å². The van der Waals surface area contributed by atoms with E-state index in [9.17, 15) is 0 Å². The molecule has 0 heterocycles. The van der Waals surface area contributed by atoms with Crippen molar-refractivity contribution in [2.24, 2.45) is 0 Å². The van der Waals surface area contributed by atoms with Crippen molar-refractivity contribution in [1.29, 1.82) is 0 Å². The van der Waals surface area contributed by atoms with Crippen LogP contribution < -0.4 is 0 Å². The summed E-state index contributed by atoms with van der Waals surface area (Å²) in [5.74, 6) is 0.776. The Morgan fingerprint density at radius 2 is 2.50 bits per heavy atom. The van der Waals surface area contributed by atoms with E-state index in [0.717, 1.165) is 5.75 Å². The third kappa shape index (κ3) is 4.22. The molecule has 0 N–H and O–H groups in total. The molecule has 0 aromatic carbocycles. The minimum Gasteiger partial charge on any atom is -0.374 e. The average molecular weight is 132 g/mol. The smallest absolute Gasteiger partial charge is 0.0725 e. The molecule has 0 saturated heterocycles. The first-order valence-corrected chi connectivity index (χ1v) is 3.29. The second-order valence-corrected chi connectivity index (χ2v) is 1.98. The molecule has 0 fully saturated rings. The molecule has 0 radical (unpaired) electrons. The van der Waals surface area contributed by atoms with E-state index in [1.165, 1.54) is 0 Å². The SMILES string of the molecule is C=CC(C)OCCS. The normalized spacial score (nSPS) is 13.2. The van der Waals surface area contributed by atoms with Gasteiger partial charge in [0, 0.05) is 5.75 Å². The Morgan fingerprint density at radius 3 is 2.88 bits per heavy atom. The average Bonchev–Trinajstić information content (AvgIpc) is 1.83. The van der Waals surface area contributed by atoms with Gasteiger partial charge in [0.25, 0.3) is 0 Å². The van der Waals surface area contributed by atoms with E-state index in [4.69, 9.17) is 4.74 Å². The maximum absolute atomic E-state index is 5.15. The molecular weight excluding hydrogens is 120 g/mol. The van der Waals surface area contributed by atoms with Gasteiger partial charge in [0.2, 0.25) is 0 Å². The molecule has 8 heavy (non-hydrogen) atoms. The molecule has 0 aromatic rings. The highest BCUT2D eigenvalue weighted by Gasteiger charge is 1.90. The van der Waals surface area contributed by atoms with E-state index in [2.05, 4.69) is 19.2 Å². The number of hydrogen-bond donors (Lipinski definition) is 1. The molecule has 0 aromatic heterocycles. The van der Waals surface area contributed by atoms with Crippen molar-refractivity contribution in [2.75, 3.05) is 12.4 Å². The summed E-state index contributed by atoms with van der Waals surface area (Å²) < 4.78 is 5.15. The van der Waals surface area contributed by atoms with Crippen molar-refractivity contribution in [3.63, 3.8) is 0 Å². The van der Waals surface area contributed by atoms with Gasteiger partial charge < -0.3 is 4.74 Å². The highest BCUT2D eigenvalue weighted by molar-refractivity contribution is 7.80. The van der Waals surface area contributed by atoms with Gasteiger partial charge in [-0.3, -0.25) is 0 Å². The van der Waals surface area contributed by atoms with Crippen molar-refractivity contribution in [1.82, 2.24) is 0 Å². The highest BCUT2D eigenvalue weighted by Crippen LogP contribution is 1.89. The van der Waals surface area contributed by atoms with Crippen molar-refractivity contribution in [3.05, 3.63) is 12.7 Å². The second-order valence-electron chi connectivity index (χ2n) is 1.54.